The average Bonchev–Trinajstić information content (AvgIpc) is 2.83. The average molecular weight is 472 g/mol. The van der Waals surface area contributed by atoms with Gasteiger partial charge in [-0.25, -0.2) is 4.79 Å². The van der Waals surface area contributed by atoms with E-state index in [4.69, 9.17) is 23.7 Å². The van der Waals surface area contributed by atoms with Crippen LogP contribution in [-0.4, -0.2) is 60.8 Å². The normalized spacial score (nSPS) is 28.5. The summed E-state index contributed by atoms with van der Waals surface area (Å²) < 4.78 is 30.2. The molecule has 9 nitrogen and oxygen atoms in total. The summed E-state index contributed by atoms with van der Waals surface area (Å²) in [6, 6.07) is 16.1. The second kappa shape index (κ2) is 11.0. The summed E-state index contributed by atoms with van der Waals surface area (Å²) in [5.74, 6) is -0.905. The van der Waals surface area contributed by atoms with Crippen molar-refractivity contribution in [3.05, 3.63) is 65.7 Å². The molecule has 0 aliphatic carbocycles. The Morgan fingerprint density at radius 2 is 1.91 bits per heavy atom. The summed E-state index contributed by atoms with van der Waals surface area (Å²) in [6.07, 6.45) is -2.95. The first kappa shape index (κ1) is 24.2. The van der Waals surface area contributed by atoms with Gasteiger partial charge in [-0.1, -0.05) is 49.4 Å². The Labute approximate surface area is 197 Å². The SMILES string of the molecule is CCc1cccc(OC2OC3COC(c4ccccc4)OC3C(OCC(=O)O)C2NC(C)=O)c1. The second-order valence-electron chi connectivity index (χ2n) is 8.23. The van der Waals surface area contributed by atoms with Crippen molar-refractivity contribution in [3.8, 4) is 5.75 Å². The number of carbonyl (C=O) groups is 2. The number of ether oxygens (including phenoxy) is 5. The number of carbonyl (C=O) groups excluding carboxylic acids is 1. The summed E-state index contributed by atoms with van der Waals surface area (Å²) in [5.41, 5.74) is 1.89. The van der Waals surface area contributed by atoms with Crippen LogP contribution in [0.15, 0.2) is 54.6 Å². The largest absolute Gasteiger partial charge is 0.480 e. The highest BCUT2D eigenvalue weighted by atomic mass is 16.8. The molecule has 2 saturated heterocycles. The number of fused-ring (bicyclic) bond motifs is 1. The van der Waals surface area contributed by atoms with Crippen LogP contribution in [-0.2, 0) is 35.0 Å². The van der Waals surface area contributed by atoms with Crippen LogP contribution in [0.4, 0.5) is 0 Å². The molecule has 0 bridgehead atoms. The Morgan fingerprint density at radius 3 is 2.62 bits per heavy atom. The van der Waals surface area contributed by atoms with Crippen LogP contribution in [0.1, 0.15) is 31.3 Å². The van der Waals surface area contributed by atoms with Gasteiger partial charge in [0.2, 0.25) is 12.2 Å². The van der Waals surface area contributed by atoms with E-state index in [9.17, 15) is 14.7 Å². The van der Waals surface area contributed by atoms with Crippen molar-refractivity contribution in [2.45, 2.75) is 57.2 Å². The highest BCUT2D eigenvalue weighted by molar-refractivity contribution is 5.73. The van der Waals surface area contributed by atoms with E-state index in [1.807, 2.05) is 55.5 Å². The zero-order chi connectivity index (χ0) is 24.1. The molecule has 2 aliphatic heterocycles. The highest BCUT2D eigenvalue weighted by Crippen LogP contribution is 2.36. The summed E-state index contributed by atoms with van der Waals surface area (Å²) in [5, 5.41) is 12.1. The number of nitrogens with one attached hydrogen (secondary N) is 1. The number of hydrogen-bond acceptors (Lipinski definition) is 7. The van der Waals surface area contributed by atoms with Gasteiger partial charge in [0, 0.05) is 12.5 Å². The maximum atomic E-state index is 12.1. The molecule has 9 heteroatoms. The summed E-state index contributed by atoms with van der Waals surface area (Å²) in [4.78, 5) is 23.4. The van der Waals surface area contributed by atoms with Crippen LogP contribution in [0.3, 0.4) is 0 Å². The van der Waals surface area contributed by atoms with Crippen LogP contribution >= 0.6 is 0 Å². The Kier molecular flexibility index (Phi) is 7.79. The first-order chi connectivity index (χ1) is 16.4. The fourth-order valence-electron chi connectivity index (χ4n) is 4.18. The number of benzene rings is 2. The van der Waals surface area contributed by atoms with Gasteiger partial charge < -0.3 is 34.1 Å². The third kappa shape index (κ3) is 5.74. The quantitative estimate of drug-likeness (QED) is 0.604. The number of aliphatic carboxylic acids is 1. The highest BCUT2D eigenvalue weighted by Gasteiger charge is 2.52. The standard InChI is InChI=1S/C25H29NO8/c1-3-16-8-7-11-18(12-16)32-25-21(26-15(2)27)23(30-14-20(28)29)22-19(33-25)13-31-24(34-22)17-9-5-4-6-10-17/h4-12,19,21-25H,3,13-14H2,1-2H3,(H,26,27)(H,28,29). The van der Waals surface area contributed by atoms with Crippen molar-refractivity contribution in [2.75, 3.05) is 13.2 Å². The molecule has 2 N–H and O–H groups in total. The van der Waals surface area contributed by atoms with Gasteiger partial charge in [0.15, 0.2) is 6.29 Å². The van der Waals surface area contributed by atoms with Crippen molar-refractivity contribution in [1.29, 1.82) is 0 Å². The molecule has 0 radical (unpaired) electrons. The molecule has 2 aromatic rings. The van der Waals surface area contributed by atoms with E-state index in [0.717, 1.165) is 17.5 Å². The molecule has 0 aromatic heterocycles. The van der Waals surface area contributed by atoms with E-state index in [2.05, 4.69) is 5.32 Å². The molecule has 6 atom stereocenters. The zero-order valence-corrected chi connectivity index (χ0v) is 19.1. The van der Waals surface area contributed by atoms with Gasteiger partial charge >= 0.3 is 5.97 Å². The lowest BCUT2D eigenvalue weighted by Crippen LogP contribution is -2.68. The maximum absolute atomic E-state index is 12.1. The minimum atomic E-state index is -1.13. The summed E-state index contributed by atoms with van der Waals surface area (Å²) in [6.45, 7) is 3.02. The third-order valence-electron chi connectivity index (χ3n) is 5.74. The van der Waals surface area contributed by atoms with E-state index in [1.165, 1.54) is 6.92 Å². The van der Waals surface area contributed by atoms with Gasteiger partial charge in [-0.2, -0.15) is 0 Å². The molecule has 4 rings (SSSR count). The molecule has 2 aliphatic rings. The van der Waals surface area contributed by atoms with Gasteiger partial charge in [0.1, 0.15) is 36.7 Å². The topological polar surface area (TPSA) is 113 Å². The number of rotatable bonds is 8. The van der Waals surface area contributed by atoms with Crippen LogP contribution in [0.25, 0.3) is 0 Å². The predicted octanol–water partition coefficient (Wildman–Crippen LogP) is 2.44. The lowest BCUT2D eigenvalue weighted by molar-refractivity contribution is -0.337. The molecular formula is C25H29NO8. The lowest BCUT2D eigenvalue weighted by Gasteiger charge is -2.49. The lowest BCUT2D eigenvalue weighted by atomic mass is 9.95. The van der Waals surface area contributed by atoms with Gasteiger partial charge in [0.25, 0.3) is 0 Å². The van der Waals surface area contributed by atoms with E-state index >= 15 is 0 Å². The van der Waals surface area contributed by atoms with E-state index < -0.39 is 49.5 Å². The first-order valence-electron chi connectivity index (χ1n) is 11.3. The maximum Gasteiger partial charge on any atom is 0.329 e. The van der Waals surface area contributed by atoms with E-state index in [1.54, 1.807) is 6.07 Å². The molecule has 1 amide bonds. The smallest absolute Gasteiger partial charge is 0.329 e. The monoisotopic (exact) mass is 471 g/mol. The second-order valence-corrected chi connectivity index (χ2v) is 8.23. The van der Waals surface area contributed by atoms with Crippen molar-refractivity contribution in [3.63, 3.8) is 0 Å². The molecule has 6 unspecified atom stereocenters. The van der Waals surface area contributed by atoms with Crippen molar-refractivity contribution < 1.29 is 38.4 Å². The van der Waals surface area contributed by atoms with Crippen LogP contribution < -0.4 is 10.1 Å². The van der Waals surface area contributed by atoms with Gasteiger partial charge in [-0.05, 0) is 24.1 Å². The summed E-state index contributed by atoms with van der Waals surface area (Å²) >= 11 is 0. The van der Waals surface area contributed by atoms with Gasteiger partial charge in [0.05, 0.1) is 6.61 Å². The number of carboxylic acids is 1. The molecule has 2 fully saturated rings. The Bertz CT molecular complexity index is 984. The Morgan fingerprint density at radius 1 is 1.12 bits per heavy atom. The third-order valence-corrected chi connectivity index (χ3v) is 5.74. The minimum absolute atomic E-state index is 0.179. The van der Waals surface area contributed by atoms with Crippen LogP contribution in [0, 0.1) is 0 Å². The zero-order valence-electron chi connectivity index (χ0n) is 19.1. The summed E-state index contributed by atoms with van der Waals surface area (Å²) in [7, 11) is 0. The molecule has 0 saturated carbocycles. The Balaban J connectivity index is 1.62. The fourth-order valence-corrected chi connectivity index (χ4v) is 4.18. The van der Waals surface area contributed by atoms with E-state index in [-0.39, 0.29) is 12.5 Å². The Hall–Kier alpha value is -2.98. The minimum Gasteiger partial charge on any atom is -0.480 e. The van der Waals surface area contributed by atoms with Gasteiger partial charge in [-0.15, -0.1) is 0 Å². The first-order valence-corrected chi connectivity index (χ1v) is 11.3. The van der Waals surface area contributed by atoms with Crippen molar-refractivity contribution in [1.82, 2.24) is 5.32 Å². The number of carboxylic acid groups (broad SMARTS) is 1. The number of amides is 1. The van der Waals surface area contributed by atoms with Crippen molar-refractivity contribution in [2.24, 2.45) is 0 Å². The predicted molar refractivity (Wildman–Crippen MR) is 120 cm³/mol. The molecule has 34 heavy (non-hydrogen) atoms. The van der Waals surface area contributed by atoms with Crippen molar-refractivity contribution >= 4 is 11.9 Å². The van der Waals surface area contributed by atoms with E-state index in [0.29, 0.717) is 5.75 Å². The number of aryl methyl sites for hydroxylation is 1. The molecule has 2 heterocycles. The number of hydrogen-bond donors (Lipinski definition) is 2. The fraction of sp³-hybridized carbons (Fsp3) is 0.440. The molecule has 0 spiro atoms. The van der Waals surface area contributed by atoms with Crippen LogP contribution in [0.5, 0.6) is 5.75 Å². The van der Waals surface area contributed by atoms with Gasteiger partial charge in [-0.3, -0.25) is 4.79 Å². The van der Waals surface area contributed by atoms with Crippen LogP contribution in [0.2, 0.25) is 0 Å². The molecular weight excluding hydrogens is 442 g/mol. The molecule has 182 valence electrons. The molecule has 2 aromatic carbocycles.